The zero-order valence-corrected chi connectivity index (χ0v) is 13.0. The number of hydrogen-bond donors (Lipinski definition) is 1. The van der Waals surface area contributed by atoms with Crippen molar-refractivity contribution in [3.8, 4) is 0 Å². The van der Waals surface area contributed by atoms with Gasteiger partial charge in [0.15, 0.2) is 0 Å². The monoisotopic (exact) mass is 343 g/mol. The van der Waals surface area contributed by atoms with Crippen LogP contribution in [0.1, 0.15) is 30.6 Å². The van der Waals surface area contributed by atoms with E-state index in [1.807, 2.05) is 6.07 Å². The summed E-state index contributed by atoms with van der Waals surface area (Å²) >= 11 is 4.42. The summed E-state index contributed by atoms with van der Waals surface area (Å²) in [6, 6.07) is 5.22. The third kappa shape index (κ3) is 4.06. The van der Waals surface area contributed by atoms with E-state index in [1.165, 1.54) is 17.8 Å². The van der Waals surface area contributed by atoms with Crippen molar-refractivity contribution in [3.63, 3.8) is 0 Å². The zero-order valence-electron chi connectivity index (χ0n) is 10.6. The Hall–Kier alpha value is -0.850. The van der Waals surface area contributed by atoms with Gasteiger partial charge >= 0.3 is 0 Å². The summed E-state index contributed by atoms with van der Waals surface area (Å²) < 4.78 is 22.1. The molecule has 6 heteroatoms. The molecule has 0 radical (unpaired) electrons. The Morgan fingerprint density at radius 1 is 1.47 bits per heavy atom. The zero-order chi connectivity index (χ0) is 13.7. The molecule has 2 rings (SSSR count). The van der Waals surface area contributed by atoms with E-state index in [1.54, 1.807) is 12.3 Å². The van der Waals surface area contributed by atoms with Crippen molar-refractivity contribution in [1.29, 1.82) is 0 Å². The number of halogens is 2. The first-order valence-corrected chi connectivity index (χ1v) is 7.67. The van der Waals surface area contributed by atoms with E-state index in [4.69, 9.17) is 0 Å². The van der Waals surface area contributed by atoms with Crippen LogP contribution in [0.2, 0.25) is 0 Å². The average Bonchev–Trinajstić information content (AvgIpc) is 2.92. The molecule has 0 saturated carbocycles. The number of hydrogen-bond acceptors (Lipinski definition) is 4. The largest absolute Gasteiger partial charge is 0.308 e. The van der Waals surface area contributed by atoms with E-state index in [0.717, 1.165) is 30.6 Å². The molecule has 1 unspecified atom stereocenters. The van der Waals surface area contributed by atoms with Crippen molar-refractivity contribution in [2.75, 3.05) is 6.54 Å². The smallest absolute Gasteiger partial charge is 0.137 e. The van der Waals surface area contributed by atoms with Gasteiger partial charge in [-0.25, -0.2) is 4.39 Å². The predicted molar refractivity (Wildman–Crippen MR) is 78.7 cm³/mol. The molecule has 1 N–H and O–H groups in total. The molecule has 1 atom stereocenters. The Labute approximate surface area is 124 Å². The fourth-order valence-electron chi connectivity index (χ4n) is 1.83. The average molecular weight is 344 g/mol. The molecule has 1 aromatic heterocycles. The first-order valence-electron chi connectivity index (χ1n) is 6.15. The van der Waals surface area contributed by atoms with Crippen LogP contribution in [0.4, 0.5) is 4.39 Å². The van der Waals surface area contributed by atoms with Crippen molar-refractivity contribution < 1.29 is 4.39 Å². The molecular weight excluding hydrogens is 329 g/mol. The van der Waals surface area contributed by atoms with Gasteiger partial charge in [-0.3, -0.25) is 0 Å². The summed E-state index contributed by atoms with van der Waals surface area (Å²) in [6.07, 6.45) is 3.61. The molecule has 102 valence electrons. The van der Waals surface area contributed by atoms with Gasteiger partial charge in [-0.15, -0.1) is 0 Å². The lowest BCUT2D eigenvalue weighted by atomic mass is 10.0. The molecule has 0 aliphatic carbocycles. The number of benzene rings is 1. The van der Waals surface area contributed by atoms with Crippen molar-refractivity contribution in [2.24, 2.45) is 0 Å². The molecule has 0 saturated heterocycles. The van der Waals surface area contributed by atoms with Crippen LogP contribution >= 0.6 is 27.7 Å². The second-order valence-corrected chi connectivity index (χ2v) is 5.70. The summed E-state index contributed by atoms with van der Waals surface area (Å²) in [5.74, 6) is -0.239. The maximum absolute atomic E-state index is 13.2. The SMILES string of the molecule is CCCNC(Cc1ccc(F)c(Br)c1)c1cnsn1. The standard InChI is InChI=1S/C13H15BrFN3S/c1-2-5-16-12(13-8-17-19-18-13)7-9-3-4-11(15)10(14)6-9/h3-4,6,8,12,16H,2,5,7H2,1H3. The predicted octanol–water partition coefficient (Wildman–Crippen LogP) is 3.72. The minimum absolute atomic E-state index is 0.121. The van der Waals surface area contributed by atoms with Gasteiger partial charge in [0.05, 0.1) is 34.1 Å². The highest BCUT2D eigenvalue weighted by Crippen LogP contribution is 2.22. The Morgan fingerprint density at radius 3 is 2.95 bits per heavy atom. The van der Waals surface area contributed by atoms with Gasteiger partial charge < -0.3 is 5.32 Å². The Kier molecular flexibility index (Phi) is 5.42. The summed E-state index contributed by atoms with van der Waals surface area (Å²) in [4.78, 5) is 0. The van der Waals surface area contributed by atoms with E-state index in [-0.39, 0.29) is 11.9 Å². The fourth-order valence-corrected chi connectivity index (χ4v) is 2.72. The highest BCUT2D eigenvalue weighted by atomic mass is 79.9. The first kappa shape index (κ1) is 14.6. The van der Waals surface area contributed by atoms with Gasteiger partial charge in [-0.1, -0.05) is 13.0 Å². The van der Waals surface area contributed by atoms with Gasteiger partial charge in [0, 0.05) is 0 Å². The lowest BCUT2D eigenvalue weighted by molar-refractivity contribution is 0.520. The van der Waals surface area contributed by atoms with Crippen LogP contribution in [-0.4, -0.2) is 15.3 Å². The van der Waals surface area contributed by atoms with Crippen LogP contribution in [0.15, 0.2) is 28.9 Å². The molecule has 0 aliphatic rings. The van der Waals surface area contributed by atoms with Crippen molar-refractivity contribution in [3.05, 3.63) is 45.9 Å². The number of nitrogens with zero attached hydrogens (tertiary/aromatic N) is 2. The van der Waals surface area contributed by atoms with Gasteiger partial charge in [-0.05, 0) is 53.0 Å². The summed E-state index contributed by atoms with van der Waals surface area (Å²) in [5.41, 5.74) is 2.01. The van der Waals surface area contributed by atoms with E-state index >= 15 is 0 Å². The first-order chi connectivity index (χ1) is 9.20. The fraction of sp³-hybridized carbons (Fsp3) is 0.385. The quantitative estimate of drug-likeness (QED) is 0.868. The van der Waals surface area contributed by atoms with Gasteiger partial charge in [0.1, 0.15) is 5.82 Å². The van der Waals surface area contributed by atoms with E-state index in [2.05, 4.69) is 36.9 Å². The lowest BCUT2D eigenvalue weighted by Crippen LogP contribution is -2.24. The molecule has 0 bridgehead atoms. The third-order valence-corrected chi connectivity index (χ3v) is 3.90. The van der Waals surface area contributed by atoms with Crippen LogP contribution in [-0.2, 0) is 6.42 Å². The second kappa shape index (κ2) is 7.07. The number of rotatable bonds is 6. The van der Waals surface area contributed by atoms with Gasteiger partial charge in [0.25, 0.3) is 0 Å². The molecule has 2 aromatic rings. The minimum atomic E-state index is -0.239. The molecule has 19 heavy (non-hydrogen) atoms. The van der Waals surface area contributed by atoms with Crippen LogP contribution in [0, 0.1) is 5.82 Å². The maximum atomic E-state index is 13.2. The van der Waals surface area contributed by atoms with Crippen LogP contribution in [0.3, 0.4) is 0 Å². The molecule has 3 nitrogen and oxygen atoms in total. The van der Waals surface area contributed by atoms with E-state index in [9.17, 15) is 4.39 Å². The highest BCUT2D eigenvalue weighted by molar-refractivity contribution is 9.10. The molecule has 0 fully saturated rings. The topological polar surface area (TPSA) is 37.8 Å². The minimum Gasteiger partial charge on any atom is -0.308 e. The molecular formula is C13H15BrFN3S. The van der Waals surface area contributed by atoms with Crippen molar-refractivity contribution in [1.82, 2.24) is 14.1 Å². The molecule has 0 amide bonds. The number of aromatic nitrogens is 2. The van der Waals surface area contributed by atoms with E-state index < -0.39 is 0 Å². The molecule has 0 aliphatic heterocycles. The number of nitrogens with one attached hydrogen (secondary N) is 1. The molecule has 0 spiro atoms. The highest BCUT2D eigenvalue weighted by Gasteiger charge is 2.15. The lowest BCUT2D eigenvalue weighted by Gasteiger charge is -2.16. The van der Waals surface area contributed by atoms with Crippen LogP contribution in [0.5, 0.6) is 0 Å². The maximum Gasteiger partial charge on any atom is 0.137 e. The summed E-state index contributed by atoms with van der Waals surface area (Å²) in [7, 11) is 0. The second-order valence-electron chi connectivity index (χ2n) is 4.29. The normalized spacial score (nSPS) is 12.6. The van der Waals surface area contributed by atoms with Gasteiger partial charge in [-0.2, -0.15) is 8.75 Å². The summed E-state index contributed by atoms with van der Waals surface area (Å²) in [5, 5.41) is 3.45. The Morgan fingerprint density at radius 2 is 2.32 bits per heavy atom. The van der Waals surface area contributed by atoms with Crippen molar-refractivity contribution in [2.45, 2.75) is 25.8 Å². The molecule has 1 aromatic carbocycles. The van der Waals surface area contributed by atoms with Gasteiger partial charge in [0.2, 0.25) is 0 Å². The van der Waals surface area contributed by atoms with Crippen LogP contribution < -0.4 is 5.32 Å². The van der Waals surface area contributed by atoms with E-state index in [0.29, 0.717) is 4.47 Å². The Balaban J connectivity index is 2.13. The summed E-state index contributed by atoms with van der Waals surface area (Å²) in [6.45, 7) is 3.04. The van der Waals surface area contributed by atoms with Crippen LogP contribution in [0.25, 0.3) is 0 Å². The third-order valence-electron chi connectivity index (χ3n) is 2.80. The molecule has 1 heterocycles. The van der Waals surface area contributed by atoms with Crippen molar-refractivity contribution >= 4 is 27.7 Å². The Bertz CT molecular complexity index is 519.